The van der Waals surface area contributed by atoms with Gasteiger partial charge in [0.2, 0.25) is 5.82 Å². The van der Waals surface area contributed by atoms with Crippen LogP contribution in [0.5, 0.6) is 0 Å². The molecule has 0 aliphatic rings. The molecular formula is C13H10BrFN2O2. The summed E-state index contributed by atoms with van der Waals surface area (Å²) in [5.74, 6) is -0.842. The minimum Gasteiger partial charge on any atom is -0.375 e. The highest BCUT2D eigenvalue weighted by Gasteiger charge is 2.19. The molecule has 19 heavy (non-hydrogen) atoms. The van der Waals surface area contributed by atoms with Gasteiger partial charge in [0.05, 0.1) is 4.92 Å². The maximum atomic E-state index is 13.4. The number of nitro groups is 1. The van der Waals surface area contributed by atoms with Gasteiger partial charge in [0.1, 0.15) is 5.69 Å². The summed E-state index contributed by atoms with van der Waals surface area (Å²) in [6, 6.07) is 11.5. The smallest absolute Gasteiger partial charge is 0.327 e. The van der Waals surface area contributed by atoms with Crippen molar-refractivity contribution >= 4 is 27.3 Å². The van der Waals surface area contributed by atoms with Crippen molar-refractivity contribution in [2.24, 2.45) is 0 Å². The third kappa shape index (κ3) is 3.29. The van der Waals surface area contributed by atoms with Crippen molar-refractivity contribution in [2.45, 2.75) is 6.54 Å². The van der Waals surface area contributed by atoms with Gasteiger partial charge in [-0.25, -0.2) is 0 Å². The van der Waals surface area contributed by atoms with Crippen LogP contribution >= 0.6 is 15.9 Å². The predicted molar refractivity (Wildman–Crippen MR) is 74.5 cm³/mol. The molecule has 0 radical (unpaired) electrons. The summed E-state index contributed by atoms with van der Waals surface area (Å²) >= 11 is 3.32. The van der Waals surface area contributed by atoms with E-state index in [0.29, 0.717) is 6.54 Å². The Morgan fingerprint density at radius 3 is 2.53 bits per heavy atom. The van der Waals surface area contributed by atoms with Crippen molar-refractivity contribution < 1.29 is 9.31 Å². The van der Waals surface area contributed by atoms with Crippen LogP contribution in [0, 0.1) is 15.9 Å². The van der Waals surface area contributed by atoms with Gasteiger partial charge in [-0.1, -0.05) is 34.1 Å². The van der Waals surface area contributed by atoms with Gasteiger partial charge >= 0.3 is 5.69 Å². The van der Waals surface area contributed by atoms with Crippen LogP contribution in [0.25, 0.3) is 0 Å². The fourth-order valence-electron chi connectivity index (χ4n) is 1.64. The van der Waals surface area contributed by atoms with Crippen molar-refractivity contribution in [3.05, 3.63) is 68.4 Å². The number of hydrogen-bond donors (Lipinski definition) is 1. The van der Waals surface area contributed by atoms with Gasteiger partial charge in [-0.05, 0) is 29.8 Å². The average Bonchev–Trinajstić information content (AvgIpc) is 2.37. The summed E-state index contributed by atoms with van der Waals surface area (Å²) in [5.41, 5.74) is 0.592. The maximum Gasteiger partial charge on any atom is 0.327 e. The molecule has 6 heteroatoms. The number of nitrogens with one attached hydrogen (secondary N) is 1. The first-order valence-electron chi connectivity index (χ1n) is 5.49. The number of nitro benzene ring substituents is 1. The zero-order chi connectivity index (χ0) is 13.8. The molecular weight excluding hydrogens is 315 g/mol. The van der Waals surface area contributed by atoms with E-state index in [0.717, 1.165) is 16.1 Å². The van der Waals surface area contributed by atoms with Crippen LogP contribution in [0.1, 0.15) is 5.56 Å². The number of anilines is 1. The molecule has 2 rings (SSSR count). The minimum absolute atomic E-state index is 0.174. The Labute approximate surface area is 117 Å². The standard InChI is InChI=1S/C13H10BrFN2O2/c14-10-6-4-9(5-7-10)8-16-12-3-1-2-11(15)13(12)17(18)19/h1-7,16H,8H2. The molecule has 0 fully saturated rings. The molecule has 98 valence electrons. The van der Waals surface area contributed by atoms with Gasteiger partial charge in [0.15, 0.2) is 0 Å². The van der Waals surface area contributed by atoms with Gasteiger partial charge in [-0.3, -0.25) is 10.1 Å². The number of benzene rings is 2. The van der Waals surface area contributed by atoms with Gasteiger partial charge in [0.25, 0.3) is 0 Å². The van der Waals surface area contributed by atoms with E-state index in [9.17, 15) is 14.5 Å². The number of halogens is 2. The van der Waals surface area contributed by atoms with Crippen LogP contribution in [0.3, 0.4) is 0 Å². The third-order valence-corrected chi connectivity index (χ3v) is 3.09. The molecule has 1 N–H and O–H groups in total. The van der Waals surface area contributed by atoms with Crippen LogP contribution in [0.15, 0.2) is 46.9 Å². The molecule has 0 amide bonds. The number of hydrogen-bond acceptors (Lipinski definition) is 3. The Morgan fingerprint density at radius 1 is 1.21 bits per heavy atom. The van der Waals surface area contributed by atoms with Crippen LogP contribution in [0.2, 0.25) is 0 Å². The normalized spacial score (nSPS) is 10.2. The molecule has 0 unspecified atom stereocenters. The predicted octanol–water partition coefficient (Wildman–Crippen LogP) is 4.11. The summed E-state index contributed by atoms with van der Waals surface area (Å²) < 4.78 is 14.3. The fourth-order valence-corrected chi connectivity index (χ4v) is 1.91. The Kier molecular flexibility index (Phi) is 4.11. The molecule has 2 aromatic carbocycles. The molecule has 0 heterocycles. The van der Waals surface area contributed by atoms with Crippen LogP contribution in [0.4, 0.5) is 15.8 Å². The van der Waals surface area contributed by atoms with E-state index in [2.05, 4.69) is 21.2 Å². The van der Waals surface area contributed by atoms with E-state index in [1.165, 1.54) is 12.1 Å². The highest BCUT2D eigenvalue weighted by Crippen LogP contribution is 2.27. The van der Waals surface area contributed by atoms with Crippen LogP contribution < -0.4 is 5.32 Å². The van der Waals surface area contributed by atoms with Gasteiger partial charge in [-0.2, -0.15) is 4.39 Å². The molecule has 0 saturated heterocycles. The van der Waals surface area contributed by atoms with E-state index >= 15 is 0 Å². The second-order valence-electron chi connectivity index (χ2n) is 3.87. The number of rotatable bonds is 4. The van der Waals surface area contributed by atoms with Gasteiger partial charge < -0.3 is 5.32 Å². The average molecular weight is 325 g/mol. The van der Waals surface area contributed by atoms with Crippen molar-refractivity contribution in [1.29, 1.82) is 0 Å². The largest absolute Gasteiger partial charge is 0.375 e. The molecule has 4 nitrogen and oxygen atoms in total. The summed E-state index contributed by atoms with van der Waals surface area (Å²) in [4.78, 5) is 10.1. The van der Waals surface area contributed by atoms with E-state index in [1.54, 1.807) is 0 Å². The summed E-state index contributed by atoms with van der Waals surface area (Å²) in [5, 5.41) is 13.7. The van der Waals surface area contributed by atoms with Gasteiger partial charge in [-0.15, -0.1) is 0 Å². The van der Waals surface area contributed by atoms with E-state index < -0.39 is 16.4 Å². The lowest BCUT2D eigenvalue weighted by molar-refractivity contribution is -0.386. The quantitative estimate of drug-likeness (QED) is 0.680. The van der Waals surface area contributed by atoms with Crippen LogP contribution in [-0.2, 0) is 6.54 Å². The Bertz CT molecular complexity index is 602. The molecule has 0 aliphatic carbocycles. The Morgan fingerprint density at radius 2 is 1.89 bits per heavy atom. The first kappa shape index (κ1) is 13.5. The molecule has 2 aromatic rings. The maximum absolute atomic E-state index is 13.4. The zero-order valence-corrected chi connectivity index (χ0v) is 11.4. The molecule has 0 atom stereocenters. The second kappa shape index (κ2) is 5.79. The lowest BCUT2D eigenvalue weighted by atomic mass is 10.2. The molecule has 0 bridgehead atoms. The highest BCUT2D eigenvalue weighted by molar-refractivity contribution is 9.10. The number of nitrogens with zero attached hydrogens (tertiary/aromatic N) is 1. The first-order chi connectivity index (χ1) is 9.08. The summed E-state index contributed by atoms with van der Waals surface area (Å²) in [6.07, 6.45) is 0. The summed E-state index contributed by atoms with van der Waals surface area (Å²) in [6.45, 7) is 0.386. The highest BCUT2D eigenvalue weighted by atomic mass is 79.9. The molecule has 0 spiro atoms. The van der Waals surface area contributed by atoms with Crippen molar-refractivity contribution in [3.8, 4) is 0 Å². The summed E-state index contributed by atoms with van der Waals surface area (Å²) in [7, 11) is 0. The third-order valence-electron chi connectivity index (χ3n) is 2.57. The molecule has 0 aromatic heterocycles. The SMILES string of the molecule is O=[N+]([O-])c1c(F)cccc1NCc1ccc(Br)cc1. The first-order valence-corrected chi connectivity index (χ1v) is 6.28. The lowest BCUT2D eigenvalue weighted by Crippen LogP contribution is -2.04. The molecule has 0 aliphatic heterocycles. The Hall–Kier alpha value is -1.95. The second-order valence-corrected chi connectivity index (χ2v) is 4.79. The van der Waals surface area contributed by atoms with Crippen molar-refractivity contribution in [3.63, 3.8) is 0 Å². The monoisotopic (exact) mass is 324 g/mol. The van der Waals surface area contributed by atoms with E-state index in [4.69, 9.17) is 0 Å². The van der Waals surface area contributed by atoms with Crippen molar-refractivity contribution in [1.82, 2.24) is 0 Å². The van der Waals surface area contributed by atoms with Gasteiger partial charge in [0, 0.05) is 11.0 Å². The fraction of sp³-hybridized carbons (Fsp3) is 0.0769. The van der Waals surface area contributed by atoms with E-state index in [1.807, 2.05) is 24.3 Å². The zero-order valence-electron chi connectivity index (χ0n) is 9.77. The lowest BCUT2D eigenvalue weighted by Gasteiger charge is -2.07. The van der Waals surface area contributed by atoms with E-state index in [-0.39, 0.29) is 5.69 Å². The van der Waals surface area contributed by atoms with Crippen molar-refractivity contribution in [2.75, 3.05) is 5.32 Å². The number of para-hydroxylation sites is 1. The topological polar surface area (TPSA) is 55.2 Å². The minimum atomic E-state index is -0.842. The molecule has 0 saturated carbocycles. The Balaban J connectivity index is 2.18. The van der Waals surface area contributed by atoms with Crippen LogP contribution in [-0.4, -0.2) is 4.92 Å².